The third kappa shape index (κ3) is 4.70. The topological polar surface area (TPSA) is 23.1 Å². The molecule has 36 valence electrons. The summed E-state index contributed by atoms with van der Waals surface area (Å²) in [6.07, 6.45) is 0. The molecule has 0 saturated carbocycles. The maximum Gasteiger partial charge on any atom is 1.00 e. The van der Waals surface area contributed by atoms with Crippen LogP contribution in [0.1, 0.15) is 0 Å². The van der Waals surface area contributed by atoms with Crippen molar-refractivity contribution in [2.75, 3.05) is 0 Å². The molecular formula is C6H4Li2O. The van der Waals surface area contributed by atoms with Gasteiger partial charge in [-0.15, -0.1) is 0 Å². The molecule has 1 rings (SSSR count). The summed E-state index contributed by atoms with van der Waals surface area (Å²) in [6, 6.07) is 9.01. The summed E-state index contributed by atoms with van der Waals surface area (Å²) >= 11 is 0. The Balaban J connectivity index is 0. The minimum atomic E-state index is -0.0532. The summed E-state index contributed by atoms with van der Waals surface area (Å²) in [5.74, 6) is -0.0532. The molecule has 0 unspecified atom stereocenters. The number of benzene rings is 1. The molecule has 0 aromatic heterocycles. The summed E-state index contributed by atoms with van der Waals surface area (Å²) in [4.78, 5) is 0. The summed E-state index contributed by atoms with van der Waals surface area (Å²) < 4.78 is 0. The van der Waals surface area contributed by atoms with Gasteiger partial charge in [-0.2, -0.15) is 30.3 Å². The molecule has 0 aliphatic carbocycles. The van der Waals surface area contributed by atoms with Crippen molar-refractivity contribution in [3.8, 4) is 5.75 Å². The molecule has 0 saturated heterocycles. The van der Waals surface area contributed by atoms with E-state index in [9.17, 15) is 5.11 Å². The van der Waals surface area contributed by atoms with Crippen LogP contribution in [-0.4, -0.2) is 0 Å². The first kappa shape index (κ1) is 11.9. The first-order chi connectivity index (χ1) is 3.39. The zero-order valence-corrected chi connectivity index (χ0v) is 5.72. The molecule has 0 heterocycles. The fourth-order valence-corrected chi connectivity index (χ4v) is 0.377. The second-order valence-corrected chi connectivity index (χ2v) is 1.23. The van der Waals surface area contributed by atoms with Crippen LogP contribution in [0.4, 0.5) is 0 Å². The number of rotatable bonds is 0. The largest absolute Gasteiger partial charge is 1.00 e. The number of para-hydroxylation sites is 1. The van der Waals surface area contributed by atoms with Gasteiger partial charge in [0, 0.05) is 0 Å². The summed E-state index contributed by atoms with van der Waals surface area (Å²) in [5.41, 5.74) is 0. The van der Waals surface area contributed by atoms with Crippen molar-refractivity contribution in [1.82, 2.24) is 0 Å². The molecule has 1 aromatic rings. The smallest absolute Gasteiger partial charge is 0.891 e. The molecule has 0 aliphatic heterocycles. The van der Waals surface area contributed by atoms with Crippen molar-refractivity contribution in [3.05, 3.63) is 30.3 Å². The summed E-state index contributed by atoms with van der Waals surface area (Å²) in [5, 5.41) is 10.2. The van der Waals surface area contributed by atoms with E-state index in [4.69, 9.17) is 0 Å². The van der Waals surface area contributed by atoms with Crippen molar-refractivity contribution in [3.63, 3.8) is 0 Å². The van der Waals surface area contributed by atoms with Crippen LogP contribution in [-0.2, 0) is 0 Å². The fraction of sp³-hybridized carbons (Fsp3) is 0. The fourth-order valence-electron chi connectivity index (χ4n) is 0.377. The Morgan fingerprint density at radius 1 is 1.22 bits per heavy atom. The Bertz CT molecular complexity index is 141. The molecule has 1 aromatic carbocycles. The maximum absolute atomic E-state index is 10.2. The van der Waals surface area contributed by atoms with E-state index in [0.29, 0.717) is 0 Å². The van der Waals surface area contributed by atoms with Crippen LogP contribution in [0.5, 0.6) is 5.75 Å². The number of hydrogen-bond acceptors (Lipinski definition) is 1. The van der Waals surface area contributed by atoms with E-state index in [0.717, 1.165) is 0 Å². The van der Waals surface area contributed by atoms with Crippen LogP contribution in [0.25, 0.3) is 0 Å². The van der Waals surface area contributed by atoms with Crippen molar-refractivity contribution < 1.29 is 42.8 Å². The second kappa shape index (κ2) is 6.34. The predicted octanol–water partition coefficient (Wildman–Crippen LogP) is -5.43. The van der Waals surface area contributed by atoms with Crippen molar-refractivity contribution >= 4 is 0 Å². The Hall–Kier alpha value is 0.215. The van der Waals surface area contributed by atoms with E-state index in [1.54, 1.807) is 18.2 Å². The molecule has 0 bridgehead atoms. The van der Waals surface area contributed by atoms with Gasteiger partial charge >= 0.3 is 37.7 Å². The molecule has 0 amide bonds. The molecular weight excluding hydrogens is 102 g/mol. The third-order valence-corrected chi connectivity index (χ3v) is 0.681. The Labute approximate surface area is 78.8 Å². The van der Waals surface area contributed by atoms with Gasteiger partial charge in [-0.05, 0) is 0 Å². The van der Waals surface area contributed by atoms with E-state index >= 15 is 0 Å². The van der Waals surface area contributed by atoms with Crippen LogP contribution in [0.15, 0.2) is 24.3 Å². The molecule has 1 nitrogen and oxygen atoms in total. The van der Waals surface area contributed by atoms with E-state index in [2.05, 4.69) is 6.07 Å². The number of hydrogen-bond donors (Lipinski definition) is 0. The van der Waals surface area contributed by atoms with Crippen LogP contribution in [0, 0.1) is 6.07 Å². The van der Waals surface area contributed by atoms with Gasteiger partial charge in [-0.3, -0.25) is 0 Å². The van der Waals surface area contributed by atoms with Gasteiger partial charge in [0.25, 0.3) is 0 Å². The van der Waals surface area contributed by atoms with Gasteiger partial charge in [0.15, 0.2) is 0 Å². The van der Waals surface area contributed by atoms with Gasteiger partial charge in [0.2, 0.25) is 0 Å². The minimum absolute atomic E-state index is 0. The Kier molecular flexibility index (Phi) is 8.41. The van der Waals surface area contributed by atoms with E-state index in [1.807, 2.05) is 0 Å². The van der Waals surface area contributed by atoms with Gasteiger partial charge in [0.05, 0.1) is 0 Å². The average molecular weight is 106 g/mol. The molecule has 0 fully saturated rings. The first-order valence-corrected chi connectivity index (χ1v) is 2.03. The quantitative estimate of drug-likeness (QED) is 0.239. The van der Waals surface area contributed by atoms with Crippen LogP contribution in [0.2, 0.25) is 0 Å². The second-order valence-electron chi connectivity index (χ2n) is 1.23. The average Bonchev–Trinajstić information content (AvgIpc) is 1.69. The Morgan fingerprint density at radius 2 is 1.89 bits per heavy atom. The van der Waals surface area contributed by atoms with E-state index < -0.39 is 0 Å². The third-order valence-electron chi connectivity index (χ3n) is 0.681. The molecule has 0 atom stereocenters. The van der Waals surface area contributed by atoms with Gasteiger partial charge in [-0.25, -0.2) is 5.75 Å². The van der Waals surface area contributed by atoms with Gasteiger partial charge in [0.1, 0.15) is 0 Å². The maximum atomic E-state index is 10.2. The predicted molar refractivity (Wildman–Crippen MR) is 24.7 cm³/mol. The van der Waals surface area contributed by atoms with Gasteiger partial charge < -0.3 is 5.11 Å². The molecule has 0 aliphatic rings. The van der Waals surface area contributed by atoms with E-state index in [1.165, 1.54) is 6.07 Å². The zero-order valence-electron chi connectivity index (χ0n) is 5.72. The van der Waals surface area contributed by atoms with Gasteiger partial charge in [-0.1, -0.05) is 0 Å². The summed E-state index contributed by atoms with van der Waals surface area (Å²) in [6.45, 7) is 0. The van der Waals surface area contributed by atoms with Crippen LogP contribution >= 0.6 is 0 Å². The SMILES string of the molecule is [Li+].[Li+].[O-]c1[c-]cccc1. The van der Waals surface area contributed by atoms with Crippen molar-refractivity contribution in [2.45, 2.75) is 0 Å². The first-order valence-electron chi connectivity index (χ1n) is 2.03. The minimum Gasteiger partial charge on any atom is -0.891 e. The van der Waals surface area contributed by atoms with Crippen molar-refractivity contribution in [1.29, 1.82) is 0 Å². The summed E-state index contributed by atoms with van der Waals surface area (Å²) in [7, 11) is 0. The molecule has 9 heavy (non-hydrogen) atoms. The normalized spacial score (nSPS) is 6.67. The molecule has 0 N–H and O–H groups in total. The molecule has 0 radical (unpaired) electrons. The zero-order chi connectivity index (χ0) is 5.11. The van der Waals surface area contributed by atoms with E-state index in [-0.39, 0.29) is 43.5 Å². The molecule has 3 heteroatoms. The molecule has 0 spiro atoms. The standard InChI is InChI=1S/C6H5O.2Li/c7-6-4-2-1-3-5-6;;/h1-4,7H;;/q-1;2*+1/p-1. The monoisotopic (exact) mass is 106 g/mol. The van der Waals surface area contributed by atoms with Crippen molar-refractivity contribution in [2.24, 2.45) is 0 Å². The van der Waals surface area contributed by atoms with Crippen LogP contribution < -0.4 is 42.8 Å². The Morgan fingerprint density at radius 3 is 2.11 bits per heavy atom. The van der Waals surface area contributed by atoms with Crippen LogP contribution in [0.3, 0.4) is 0 Å².